The number of alkyl halides is 3. The third-order valence-corrected chi connectivity index (χ3v) is 3.79. The van der Waals surface area contributed by atoms with E-state index in [1.54, 1.807) is 0 Å². The Morgan fingerprint density at radius 1 is 1.00 bits per heavy atom. The molecule has 148 valence electrons. The van der Waals surface area contributed by atoms with E-state index in [0.29, 0.717) is 11.3 Å². The van der Waals surface area contributed by atoms with Crippen LogP contribution in [0.5, 0.6) is 0 Å². The summed E-state index contributed by atoms with van der Waals surface area (Å²) in [7, 11) is 0. The molecule has 0 aliphatic carbocycles. The summed E-state index contributed by atoms with van der Waals surface area (Å²) in [5.74, 6) is -2.25. The van der Waals surface area contributed by atoms with Gasteiger partial charge in [0.1, 0.15) is 6.04 Å². The second-order valence-electron chi connectivity index (χ2n) is 6.02. The van der Waals surface area contributed by atoms with Crippen molar-refractivity contribution < 1.29 is 32.7 Å². The lowest BCUT2D eigenvalue weighted by atomic mass is 10.0. The molecule has 0 spiro atoms. The van der Waals surface area contributed by atoms with E-state index in [-0.39, 0.29) is 17.9 Å². The zero-order chi connectivity index (χ0) is 20.9. The Hall–Kier alpha value is -3.36. The Balaban J connectivity index is 2.07. The van der Waals surface area contributed by atoms with Crippen molar-refractivity contribution in [3.05, 3.63) is 65.2 Å². The maximum atomic E-state index is 12.6. The second-order valence-corrected chi connectivity index (χ2v) is 6.02. The minimum Gasteiger partial charge on any atom is -0.480 e. The highest BCUT2D eigenvalue weighted by Gasteiger charge is 2.30. The van der Waals surface area contributed by atoms with Crippen LogP contribution in [0.2, 0.25) is 0 Å². The van der Waals surface area contributed by atoms with Crippen LogP contribution in [0.4, 0.5) is 18.9 Å². The number of halogens is 3. The molecule has 0 fully saturated rings. The summed E-state index contributed by atoms with van der Waals surface area (Å²) in [5.41, 5.74) is 0.143. The van der Waals surface area contributed by atoms with Crippen LogP contribution in [0.15, 0.2) is 48.5 Å². The van der Waals surface area contributed by atoms with Gasteiger partial charge in [0.25, 0.3) is 5.91 Å². The number of hydrogen-bond donors (Lipinski definition) is 3. The maximum Gasteiger partial charge on any atom is 0.416 e. The van der Waals surface area contributed by atoms with Crippen molar-refractivity contribution in [2.75, 3.05) is 5.32 Å². The quantitative estimate of drug-likeness (QED) is 0.702. The third kappa shape index (κ3) is 5.83. The van der Waals surface area contributed by atoms with Gasteiger partial charge in [0, 0.05) is 24.6 Å². The average molecular weight is 394 g/mol. The van der Waals surface area contributed by atoms with Gasteiger partial charge in [0.15, 0.2) is 0 Å². The number of rotatable bonds is 6. The Morgan fingerprint density at radius 2 is 1.57 bits per heavy atom. The Bertz CT molecular complexity index is 862. The standard InChI is InChI=1S/C19H17F3N2O4/c1-11(25)23-15-8-4-13(5-9-15)17(26)24-16(18(27)28)10-12-2-6-14(7-3-12)19(20,21)22/h2-9,16H,10H2,1H3,(H,23,25)(H,24,26)(H,27,28)/t16-/m0/s1. The van der Waals surface area contributed by atoms with E-state index in [1.807, 2.05) is 0 Å². The number of carboxylic acid groups (broad SMARTS) is 1. The van der Waals surface area contributed by atoms with E-state index < -0.39 is 29.7 Å². The van der Waals surface area contributed by atoms with Gasteiger partial charge in [-0.3, -0.25) is 9.59 Å². The lowest BCUT2D eigenvalue weighted by Gasteiger charge is -2.15. The van der Waals surface area contributed by atoms with Crippen LogP contribution in [-0.2, 0) is 22.2 Å². The van der Waals surface area contributed by atoms with Crippen molar-refractivity contribution >= 4 is 23.5 Å². The highest BCUT2D eigenvalue weighted by atomic mass is 19.4. The summed E-state index contributed by atoms with van der Waals surface area (Å²) in [5, 5.41) is 14.2. The van der Waals surface area contributed by atoms with Crippen molar-refractivity contribution in [1.29, 1.82) is 0 Å². The molecule has 2 amide bonds. The van der Waals surface area contributed by atoms with Gasteiger partial charge in [-0.2, -0.15) is 13.2 Å². The molecule has 9 heteroatoms. The fourth-order valence-corrected chi connectivity index (χ4v) is 2.42. The van der Waals surface area contributed by atoms with Crippen LogP contribution < -0.4 is 10.6 Å². The smallest absolute Gasteiger partial charge is 0.416 e. The molecule has 6 nitrogen and oxygen atoms in total. The monoisotopic (exact) mass is 394 g/mol. The SMILES string of the molecule is CC(=O)Nc1ccc(C(=O)N[C@@H](Cc2ccc(C(F)(F)F)cc2)C(=O)O)cc1. The fourth-order valence-electron chi connectivity index (χ4n) is 2.42. The Morgan fingerprint density at radius 3 is 2.04 bits per heavy atom. The number of anilines is 1. The average Bonchev–Trinajstić information content (AvgIpc) is 2.60. The number of benzene rings is 2. The molecule has 0 saturated heterocycles. The molecule has 2 aromatic rings. The number of hydrogen-bond acceptors (Lipinski definition) is 3. The van der Waals surface area contributed by atoms with Gasteiger partial charge >= 0.3 is 12.1 Å². The molecule has 0 aliphatic heterocycles. The van der Waals surface area contributed by atoms with Gasteiger partial charge in [-0.25, -0.2) is 4.79 Å². The zero-order valence-electron chi connectivity index (χ0n) is 14.7. The normalized spacial score (nSPS) is 12.1. The second kappa shape index (κ2) is 8.55. The van der Waals surface area contributed by atoms with Gasteiger partial charge in [-0.05, 0) is 42.0 Å². The van der Waals surface area contributed by atoms with E-state index in [2.05, 4.69) is 10.6 Å². The van der Waals surface area contributed by atoms with Gasteiger partial charge in [-0.15, -0.1) is 0 Å². The molecule has 2 aromatic carbocycles. The molecular weight excluding hydrogens is 377 g/mol. The number of aliphatic carboxylic acids is 1. The maximum absolute atomic E-state index is 12.6. The lowest BCUT2D eigenvalue weighted by molar-refractivity contribution is -0.139. The molecule has 2 rings (SSSR count). The highest BCUT2D eigenvalue weighted by Crippen LogP contribution is 2.29. The number of carbonyl (C=O) groups excluding carboxylic acids is 2. The van der Waals surface area contributed by atoms with Crippen LogP contribution in [0, 0.1) is 0 Å². The Kier molecular flexibility index (Phi) is 6.40. The number of carbonyl (C=O) groups is 3. The van der Waals surface area contributed by atoms with Crippen molar-refractivity contribution in [1.82, 2.24) is 5.32 Å². The topological polar surface area (TPSA) is 95.5 Å². The number of amides is 2. The largest absolute Gasteiger partial charge is 0.480 e. The van der Waals surface area contributed by atoms with Gasteiger partial charge in [0.05, 0.1) is 5.56 Å². The summed E-state index contributed by atoms with van der Waals surface area (Å²) in [6, 6.07) is 8.55. The van der Waals surface area contributed by atoms with Crippen LogP contribution >= 0.6 is 0 Å². The van der Waals surface area contributed by atoms with E-state index in [1.165, 1.54) is 43.3 Å². The predicted molar refractivity (Wildman–Crippen MR) is 94.8 cm³/mol. The molecule has 28 heavy (non-hydrogen) atoms. The molecule has 0 aromatic heterocycles. The van der Waals surface area contributed by atoms with Crippen LogP contribution in [0.25, 0.3) is 0 Å². The summed E-state index contributed by atoms with van der Waals surface area (Å²) in [6.45, 7) is 1.33. The molecule has 0 radical (unpaired) electrons. The Labute approximate surface area is 158 Å². The van der Waals surface area contributed by atoms with Crippen molar-refractivity contribution in [3.63, 3.8) is 0 Å². The van der Waals surface area contributed by atoms with E-state index >= 15 is 0 Å². The van der Waals surface area contributed by atoms with Crippen LogP contribution in [0.1, 0.15) is 28.4 Å². The van der Waals surface area contributed by atoms with Crippen LogP contribution in [0.3, 0.4) is 0 Å². The highest BCUT2D eigenvalue weighted by molar-refractivity contribution is 5.97. The third-order valence-electron chi connectivity index (χ3n) is 3.79. The minimum atomic E-state index is -4.48. The number of nitrogens with one attached hydrogen (secondary N) is 2. The van der Waals surface area contributed by atoms with Crippen molar-refractivity contribution in [2.24, 2.45) is 0 Å². The summed E-state index contributed by atoms with van der Waals surface area (Å²) >= 11 is 0. The van der Waals surface area contributed by atoms with Crippen molar-refractivity contribution in [2.45, 2.75) is 25.6 Å². The van der Waals surface area contributed by atoms with Crippen LogP contribution in [-0.4, -0.2) is 28.9 Å². The summed E-state index contributed by atoms with van der Waals surface area (Å²) in [6.07, 6.45) is -4.66. The molecule has 0 aliphatic rings. The molecule has 1 atom stereocenters. The first kappa shape index (κ1) is 20.9. The molecule has 0 saturated carbocycles. The first-order chi connectivity index (χ1) is 13.1. The predicted octanol–water partition coefficient (Wildman–Crippen LogP) is 3.09. The zero-order valence-corrected chi connectivity index (χ0v) is 14.7. The molecule has 0 bridgehead atoms. The lowest BCUT2D eigenvalue weighted by Crippen LogP contribution is -2.42. The van der Waals surface area contributed by atoms with Gasteiger partial charge in [-0.1, -0.05) is 12.1 Å². The molecule has 0 heterocycles. The number of carboxylic acids is 1. The first-order valence-corrected chi connectivity index (χ1v) is 8.13. The van der Waals surface area contributed by atoms with E-state index in [9.17, 15) is 32.7 Å². The molecule has 3 N–H and O–H groups in total. The van der Waals surface area contributed by atoms with E-state index in [0.717, 1.165) is 12.1 Å². The summed E-state index contributed by atoms with van der Waals surface area (Å²) < 4.78 is 37.8. The van der Waals surface area contributed by atoms with E-state index in [4.69, 9.17) is 0 Å². The molecular formula is C19H17F3N2O4. The molecule has 0 unspecified atom stereocenters. The first-order valence-electron chi connectivity index (χ1n) is 8.13. The summed E-state index contributed by atoms with van der Waals surface area (Å²) in [4.78, 5) is 34.7. The minimum absolute atomic E-state index is 0.174. The van der Waals surface area contributed by atoms with Crippen molar-refractivity contribution in [3.8, 4) is 0 Å². The fraction of sp³-hybridized carbons (Fsp3) is 0.211. The van der Waals surface area contributed by atoms with Gasteiger partial charge < -0.3 is 15.7 Å². The van der Waals surface area contributed by atoms with Gasteiger partial charge in [0.2, 0.25) is 5.91 Å².